The number of nitrogens with zero attached hydrogens (tertiary/aromatic N) is 3. The van der Waals surface area contributed by atoms with Crippen LogP contribution in [-0.4, -0.2) is 21.7 Å². The van der Waals surface area contributed by atoms with E-state index in [0.29, 0.717) is 6.61 Å². The number of fused-ring (bicyclic) bond motifs is 3. The molecule has 1 aromatic carbocycles. The predicted molar refractivity (Wildman–Crippen MR) is 83.7 cm³/mol. The molecule has 0 atom stereocenters. The quantitative estimate of drug-likeness (QED) is 0.317. The molecule has 2 heterocycles. The van der Waals surface area contributed by atoms with Gasteiger partial charge in [0.1, 0.15) is 6.61 Å². The van der Waals surface area contributed by atoms with Crippen LogP contribution in [0.4, 0.5) is 0 Å². The smallest absolute Gasteiger partial charge is 0.195 e. The second-order valence-corrected chi connectivity index (χ2v) is 5.47. The molecular formula is C15H15N3OS. The molecule has 0 aliphatic carbocycles. The molecule has 4 nitrogen and oxygen atoms in total. The van der Waals surface area contributed by atoms with E-state index in [9.17, 15) is 0 Å². The molecule has 5 heteroatoms. The van der Waals surface area contributed by atoms with Crippen LogP contribution in [-0.2, 0) is 4.84 Å². The number of aryl methyl sites for hydroxylation is 1. The maximum Gasteiger partial charge on any atom is 0.195 e. The minimum atomic E-state index is 0.418. The van der Waals surface area contributed by atoms with Crippen molar-refractivity contribution in [3.63, 3.8) is 0 Å². The van der Waals surface area contributed by atoms with Crippen molar-refractivity contribution in [3.05, 3.63) is 47.5 Å². The molecule has 20 heavy (non-hydrogen) atoms. The lowest BCUT2D eigenvalue weighted by atomic mass is 10.3. The van der Waals surface area contributed by atoms with Crippen LogP contribution in [0, 0.1) is 6.92 Å². The first-order valence-corrected chi connectivity index (χ1v) is 7.18. The lowest BCUT2D eigenvalue weighted by Gasteiger charge is -2.00. The van der Waals surface area contributed by atoms with Gasteiger partial charge < -0.3 is 4.84 Å². The molecule has 3 rings (SSSR count). The summed E-state index contributed by atoms with van der Waals surface area (Å²) >= 11 is 1.63. The van der Waals surface area contributed by atoms with Crippen molar-refractivity contribution < 1.29 is 4.84 Å². The van der Waals surface area contributed by atoms with Gasteiger partial charge in [-0.05, 0) is 26.0 Å². The van der Waals surface area contributed by atoms with Crippen molar-refractivity contribution in [2.24, 2.45) is 5.16 Å². The fourth-order valence-corrected chi connectivity index (χ4v) is 3.30. The molecule has 0 saturated heterocycles. The molecular weight excluding hydrogens is 270 g/mol. The van der Waals surface area contributed by atoms with E-state index in [1.165, 1.54) is 0 Å². The number of imidazole rings is 1. The highest BCUT2D eigenvalue weighted by atomic mass is 32.1. The van der Waals surface area contributed by atoms with Gasteiger partial charge in [0, 0.05) is 5.69 Å². The summed E-state index contributed by atoms with van der Waals surface area (Å²) in [6, 6.07) is 8.15. The molecule has 0 fully saturated rings. The molecule has 102 valence electrons. The number of hydrogen-bond acceptors (Lipinski definition) is 4. The summed E-state index contributed by atoms with van der Waals surface area (Å²) in [6.45, 7) is 8.05. The van der Waals surface area contributed by atoms with Gasteiger partial charge in [0.15, 0.2) is 4.96 Å². The summed E-state index contributed by atoms with van der Waals surface area (Å²) in [6.07, 6.45) is 1.68. The highest BCUT2D eigenvalue weighted by Crippen LogP contribution is 2.28. The van der Waals surface area contributed by atoms with Crippen LogP contribution in [0.25, 0.3) is 16.0 Å². The van der Waals surface area contributed by atoms with Gasteiger partial charge in [-0.2, -0.15) is 0 Å². The Balaban J connectivity index is 2.12. The summed E-state index contributed by atoms with van der Waals surface area (Å²) in [4.78, 5) is 11.9. The Morgan fingerprint density at radius 3 is 3.10 bits per heavy atom. The Bertz CT molecular complexity index is 813. The minimum Gasteiger partial charge on any atom is -0.391 e. The molecule has 0 bridgehead atoms. The Labute approximate surface area is 121 Å². The monoisotopic (exact) mass is 285 g/mol. The molecule has 0 unspecified atom stereocenters. The Hall–Kier alpha value is -2.14. The van der Waals surface area contributed by atoms with Crippen molar-refractivity contribution in [2.45, 2.75) is 13.8 Å². The van der Waals surface area contributed by atoms with Crippen molar-refractivity contribution >= 4 is 33.0 Å². The standard InChI is InChI=1S/C15H15N3OS/c1-4-9-19-17-10(2)14-11(3)18-13-8-6-5-7-12(13)16-15(18)20-14/h4-8H,1,9H2,2-3H3/b17-10-. The highest BCUT2D eigenvalue weighted by molar-refractivity contribution is 7.19. The molecule has 0 saturated carbocycles. The van der Waals surface area contributed by atoms with Gasteiger partial charge in [0.25, 0.3) is 0 Å². The third-order valence-electron chi connectivity index (χ3n) is 3.11. The normalized spacial score (nSPS) is 12.2. The third-order valence-corrected chi connectivity index (χ3v) is 4.36. The third kappa shape index (κ3) is 2.00. The zero-order valence-corrected chi connectivity index (χ0v) is 12.3. The van der Waals surface area contributed by atoms with Gasteiger partial charge >= 0.3 is 0 Å². The zero-order valence-electron chi connectivity index (χ0n) is 11.5. The SMILES string of the molecule is C=CCO/N=C(/C)c1sc2nc3ccccc3n2c1C. The molecule has 2 aromatic heterocycles. The van der Waals surface area contributed by atoms with E-state index in [-0.39, 0.29) is 0 Å². The van der Waals surface area contributed by atoms with Crippen LogP contribution in [0.1, 0.15) is 17.5 Å². The number of para-hydroxylation sites is 2. The lowest BCUT2D eigenvalue weighted by Crippen LogP contribution is -1.97. The van der Waals surface area contributed by atoms with Crippen LogP contribution in [0.2, 0.25) is 0 Å². The fourth-order valence-electron chi connectivity index (χ4n) is 2.23. The summed E-state index contributed by atoms with van der Waals surface area (Å²) in [5.41, 5.74) is 4.15. The van der Waals surface area contributed by atoms with Gasteiger partial charge in [-0.1, -0.05) is 41.3 Å². The number of oxime groups is 1. The maximum atomic E-state index is 5.16. The number of thiazole rings is 1. The fraction of sp³-hybridized carbons (Fsp3) is 0.200. The minimum absolute atomic E-state index is 0.418. The molecule has 0 radical (unpaired) electrons. The molecule has 0 amide bonds. The highest BCUT2D eigenvalue weighted by Gasteiger charge is 2.15. The second-order valence-electron chi connectivity index (χ2n) is 4.50. The van der Waals surface area contributed by atoms with Crippen molar-refractivity contribution in [2.75, 3.05) is 6.61 Å². The average molecular weight is 285 g/mol. The number of benzene rings is 1. The summed E-state index contributed by atoms with van der Waals surface area (Å²) in [7, 11) is 0. The van der Waals surface area contributed by atoms with Crippen LogP contribution in [0.3, 0.4) is 0 Å². The van der Waals surface area contributed by atoms with E-state index in [4.69, 9.17) is 4.84 Å². The van der Waals surface area contributed by atoms with Gasteiger partial charge in [-0.3, -0.25) is 4.40 Å². The van der Waals surface area contributed by atoms with Gasteiger partial charge in [0.2, 0.25) is 0 Å². The van der Waals surface area contributed by atoms with Crippen LogP contribution < -0.4 is 0 Å². The zero-order chi connectivity index (χ0) is 14.1. The van der Waals surface area contributed by atoms with Gasteiger partial charge in [-0.25, -0.2) is 4.98 Å². The first kappa shape index (κ1) is 12.9. The summed E-state index contributed by atoms with van der Waals surface area (Å²) < 4.78 is 2.17. The van der Waals surface area contributed by atoms with E-state index in [1.54, 1.807) is 17.4 Å². The largest absolute Gasteiger partial charge is 0.391 e. The van der Waals surface area contributed by atoms with E-state index in [0.717, 1.165) is 32.3 Å². The molecule has 3 aromatic rings. The molecule has 0 aliphatic heterocycles. The summed E-state index contributed by atoms with van der Waals surface area (Å²) in [5, 5.41) is 4.11. The van der Waals surface area contributed by atoms with Crippen LogP contribution in [0.5, 0.6) is 0 Å². The van der Waals surface area contributed by atoms with Crippen molar-refractivity contribution in [3.8, 4) is 0 Å². The Kier molecular flexibility index (Phi) is 3.28. The van der Waals surface area contributed by atoms with Gasteiger partial charge in [0.05, 0.1) is 21.6 Å². The van der Waals surface area contributed by atoms with E-state index in [1.807, 2.05) is 25.1 Å². The Morgan fingerprint density at radius 2 is 2.30 bits per heavy atom. The topological polar surface area (TPSA) is 38.9 Å². The first-order chi connectivity index (χ1) is 9.72. The number of aromatic nitrogens is 2. The van der Waals surface area contributed by atoms with Crippen LogP contribution in [0.15, 0.2) is 42.1 Å². The molecule has 0 aliphatic rings. The van der Waals surface area contributed by atoms with Crippen molar-refractivity contribution in [1.82, 2.24) is 9.38 Å². The summed E-state index contributed by atoms with van der Waals surface area (Å²) in [5.74, 6) is 0. The van der Waals surface area contributed by atoms with E-state index in [2.05, 4.69) is 34.1 Å². The second kappa shape index (κ2) is 5.09. The first-order valence-electron chi connectivity index (χ1n) is 6.36. The Morgan fingerprint density at radius 1 is 1.50 bits per heavy atom. The average Bonchev–Trinajstić information content (AvgIpc) is 2.96. The predicted octanol–water partition coefficient (Wildman–Crippen LogP) is 3.78. The number of hydrogen-bond donors (Lipinski definition) is 0. The van der Waals surface area contributed by atoms with Crippen LogP contribution >= 0.6 is 11.3 Å². The molecule has 0 N–H and O–H groups in total. The molecule has 0 spiro atoms. The number of rotatable bonds is 4. The van der Waals surface area contributed by atoms with Crippen molar-refractivity contribution in [1.29, 1.82) is 0 Å². The van der Waals surface area contributed by atoms with E-state index >= 15 is 0 Å². The lowest BCUT2D eigenvalue weighted by molar-refractivity contribution is 0.175. The van der Waals surface area contributed by atoms with E-state index < -0.39 is 0 Å². The maximum absolute atomic E-state index is 5.16. The van der Waals surface area contributed by atoms with Gasteiger partial charge in [-0.15, -0.1) is 0 Å².